The van der Waals surface area contributed by atoms with Gasteiger partial charge in [-0.15, -0.1) is 0 Å². The molecule has 0 amide bonds. The van der Waals surface area contributed by atoms with E-state index in [0.717, 1.165) is 79.4 Å². The lowest BCUT2D eigenvalue weighted by atomic mass is 10.1. The Labute approximate surface area is 175 Å². The monoisotopic (exact) mass is 406 g/mol. The van der Waals surface area contributed by atoms with Gasteiger partial charge in [-0.3, -0.25) is 14.3 Å². The van der Waals surface area contributed by atoms with Crippen LogP contribution in [-0.2, 0) is 17.7 Å². The van der Waals surface area contributed by atoms with Gasteiger partial charge in [0.2, 0.25) is 0 Å². The fourth-order valence-electron chi connectivity index (χ4n) is 4.54. The third-order valence-corrected chi connectivity index (χ3v) is 6.21. The number of anilines is 1. The zero-order chi connectivity index (χ0) is 20.1. The summed E-state index contributed by atoms with van der Waals surface area (Å²) in [7, 11) is 0. The molecular formula is C22H26N6O2. The van der Waals surface area contributed by atoms with Crippen LogP contribution in [0.3, 0.4) is 0 Å². The number of hydrogen-bond donors (Lipinski definition) is 1. The lowest BCUT2D eigenvalue weighted by Gasteiger charge is -2.21. The fourth-order valence-corrected chi connectivity index (χ4v) is 4.54. The fraction of sp³-hybridized carbons (Fsp3) is 0.500. The molecule has 0 spiro atoms. The molecule has 1 aliphatic carbocycles. The van der Waals surface area contributed by atoms with Crippen LogP contribution in [0.1, 0.15) is 62.1 Å². The van der Waals surface area contributed by atoms with Crippen molar-refractivity contribution < 1.29 is 9.47 Å². The van der Waals surface area contributed by atoms with Gasteiger partial charge >= 0.3 is 0 Å². The predicted octanol–water partition coefficient (Wildman–Crippen LogP) is 4.04. The summed E-state index contributed by atoms with van der Waals surface area (Å²) in [6, 6.07) is 4.32. The van der Waals surface area contributed by atoms with Crippen LogP contribution >= 0.6 is 0 Å². The molecule has 0 radical (unpaired) electrons. The maximum atomic E-state index is 6.35. The van der Waals surface area contributed by atoms with Gasteiger partial charge in [0.25, 0.3) is 0 Å². The van der Waals surface area contributed by atoms with Gasteiger partial charge in [0, 0.05) is 25.4 Å². The highest BCUT2D eigenvalue weighted by Gasteiger charge is 2.30. The van der Waals surface area contributed by atoms with Gasteiger partial charge in [0.15, 0.2) is 11.6 Å². The van der Waals surface area contributed by atoms with E-state index < -0.39 is 0 Å². The van der Waals surface area contributed by atoms with Crippen molar-refractivity contribution in [1.82, 2.24) is 24.5 Å². The largest absolute Gasteiger partial charge is 0.454 e. The number of nitrogens with zero attached hydrogens (tertiary/aromatic N) is 5. The number of rotatable bonds is 5. The summed E-state index contributed by atoms with van der Waals surface area (Å²) in [5.74, 6) is 2.04. The lowest BCUT2D eigenvalue weighted by Crippen LogP contribution is -2.13. The van der Waals surface area contributed by atoms with E-state index in [0.29, 0.717) is 11.9 Å². The molecule has 5 heterocycles. The molecule has 30 heavy (non-hydrogen) atoms. The van der Waals surface area contributed by atoms with Crippen LogP contribution in [-0.4, -0.2) is 31.2 Å². The topological polar surface area (TPSA) is 93.0 Å². The van der Waals surface area contributed by atoms with Crippen LogP contribution in [0.15, 0.2) is 24.5 Å². The Morgan fingerprint density at radius 3 is 2.90 bits per heavy atom. The molecule has 8 heteroatoms. The first kappa shape index (κ1) is 17.9. The van der Waals surface area contributed by atoms with Crippen LogP contribution in [0, 0.1) is 0 Å². The number of ether oxygens (including phenoxy) is 2. The van der Waals surface area contributed by atoms with E-state index in [1.807, 2.05) is 27.7 Å². The predicted molar refractivity (Wildman–Crippen MR) is 111 cm³/mol. The van der Waals surface area contributed by atoms with Crippen molar-refractivity contribution in [1.29, 1.82) is 0 Å². The standard InChI is InChI=1S/C22H26N6O2/c23-22-20(17-4-3-10-27(17)26-22)16-12-15(8-9-24-16)30-19-13-28(14-6-7-14)25-21(19)18-5-1-2-11-29-18/h8-9,12-14,18H,1-7,10-11H2,(H2,23,26). The van der Waals surface area contributed by atoms with Crippen molar-refractivity contribution in [2.24, 2.45) is 0 Å². The van der Waals surface area contributed by atoms with Crippen LogP contribution in [0.2, 0.25) is 0 Å². The number of pyridine rings is 1. The van der Waals surface area contributed by atoms with E-state index in [2.05, 4.69) is 10.1 Å². The van der Waals surface area contributed by atoms with Gasteiger partial charge in [0.05, 0.1) is 29.2 Å². The number of aromatic nitrogens is 5. The number of hydrogen-bond acceptors (Lipinski definition) is 6. The van der Waals surface area contributed by atoms with Crippen molar-refractivity contribution in [2.75, 3.05) is 12.3 Å². The molecule has 1 unspecified atom stereocenters. The van der Waals surface area contributed by atoms with Crippen molar-refractivity contribution in [2.45, 2.75) is 63.6 Å². The summed E-state index contributed by atoms with van der Waals surface area (Å²) in [6.45, 7) is 1.70. The zero-order valence-corrected chi connectivity index (χ0v) is 17.0. The van der Waals surface area contributed by atoms with E-state index in [1.54, 1.807) is 6.20 Å². The van der Waals surface area contributed by atoms with Crippen molar-refractivity contribution in [3.05, 3.63) is 35.9 Å². The minimum atomic E-state index is 0.00430. The Bertz CT molecular complexity index is 1080. The second-order valence-electron chi connectivity index (χ2n) is 8.46. The third-order valence-electron chi connectivity index (χ3n) is 6.21. The van der Waals surface area contributed by atoms with Crippen LogP contribution in [0.25, 0.3) is 11.3 Å². The van der Waals surface area contributed by atoms with E-state index in [1.165, 1.54) is 12.8 Å². The first-order chi connectivity index (χ1) is 14.8. The van der Waals surface area contributed by atoms with E-state index in [9.17, 15) is 0 Å². The molecule has 8 nitrogen and oxygen atoms in total. The molecule has 2 N–H and O–H groups in total. The minimum absolute atomic E-state index is 0.00430. The lowest BCUT2D eigenvalue weighted by molar-refractivity contribution is 0.0109. The molecule has 156 valence electrons. The summed E-state index contributed by atoms with van der Waals surface area (Å²) in [6.07, 6.45) is 11.5. The Kier molecular flexibility index (Phi) is 4.26. The summed E-state index contributed by atoms with van der Waals surface area (Å²) in [5.41, 5.74) is 10.0. The highest BCUT2D eigenvalue weighted by Crippen LogP contribution is 2.41. The highest BCUT2D eigenvalue weighted by molar-refractivity contribution is 5.74. The highest BCUT2D eigenvalue weighted by atomic mass is 16.5. The molecule has 1 atom stereocenters. The summed E-state index contributed by atoms with van der Waals surface area (Å²) >= 11 is 0. The van der Waals surface area contributed by atoms with E-state index in [-0.39, 0.29) is 6.10 Å². The Morgan fingerprint density at radius 2 is 2.07 bits per heavy atom. The average molecular weight is 406 g/mol. The Morgan fingerprint density at radius 1 is 1.13 bits per heavy atom. The molecule has 3 aliphatic rings. The number of nitrogens with two attached hydrogens (primary N) is 1. The van der Waals surface area contributed by atoms with Crippen LogP contribution in [0.5, 0.6) is 11.5 Å². The van der Waals surface area contributed by atoms with Gasteiger partial charge in [0.1, 0.15) is 17.5 Å². The SMILES string of the molecule is Nc1nn2c(c1-c1cc(Oc3cn(C4CC4)nc3C3CCCCO3)ccn1)CCC2. The maximum absolute atomic E-state index is 6.35. The Hall–Kier alpha value is -2.87. The number of aryl methyl sites for hydroxylation is 1. The first-order valence-electron chi connectivity index (χ1n) is 11.0. The molecule has 6 rings (SSSR count). The van der Waals surface area contributed by atoms with Crippen molar-refractivity contribution >= 4 is 5.82 Å². The number of nitrogen functional groups attached to an aromatic ring is 1. The first-order valence-corrected chi connectivity index (χ1v) is 11.0. The normalized spacial score (nSPS) is 21.0. The Balaban J connectivity index is 1.33. The summed E-state index contributed by atoms with van der Waals surface area (Å²) in [5, 5.41) is 9.31. The molecule has 0 bridgehead atoms. The average Bonchev–Trinajstić information content (AvgIpc) is 3.25. The molecule has 2 aliphatic heterocycles. The molecule has 1 saturated carbocycles. The second-order valence-corrected chi connectivity index (χ2v) is 8.46. The van der Waals surface area contributed by atoms with E-state index in [4.69, 9.17) is 20.3 Å². The van der Waals surface area contributed by atoms with Crippen molar-refractivity contribution in [3.8, 4) is 22.8 Å². The van der Waals surface area contributed by atoms with Gasteiger partial charge in [-0.05, 0) is 51.0 Å². The third kappa shape index (κ3) is 3.15. The van der Waals surface area contributed by atoms with E-state index >= 15 is 0 Å². The smallest absolute Gasteiger partial charge is 0.171 e. The molecule has 1 saturated heterocycles. The quantitative estimate of drug-likeness (QED) is 0.687. The summed E-state index contributed by atoms with van der Waals surface area (Å²) in [4.78, 5) is 4.56. The molecular weight excluding hydrogens is 380 g/mol. The van der Waals surface area contributed by atoms with Gasteiger partial charge in [-0.25, -0.2) is 0 Å². The van der Waals surface area contributed by atoms with Crippen molar-refractivity contribution in [3.63, 3.8) is 0 Å². The van der Waals surface area contributed by atoms with Gasteiger partial charge in [-0.2, -0.15) is 10.2 Å². The van der Waals surface area contributed by atoms with Gasteiger partial charge in [-0.1, -0.05) is 0 Å². The van der Waals surface area contributed by atoms with Gasteiger partial charge < -0.3 is 15.2 Å². The second kappa shape index (κ2) is 7.12. The molecule has 3 aromatic heterocycles. The minimum Gasteiger partial charge on any atom is -0.454 e. The van der Waals surface area contributed by atoms with Crippen LogP contribution in [0.4, 0.5) is 5.82 Å². The zero-order valence-electron chi connectivity index (χ0n) is 17.0. The number of fused-ring (bicyclic) bond motifs is 1. The maximum Gasteiger partial charge on any atom is 0.171 e. The molecule has 3 aromatic rings. The molecule has 0 aromatic carbocycles. The molecule has 2 fully saturated rings. The summed E-state index contributed by atoms with van der Waals surface area (Å²) < 4.78 is 16.4. The van der Waals surface area contributed by atoms with Crippen LogP contribution < -0.4 is 10.5 Å².